The van der Waals surface area contributed by atoms with Crippen molar-refractivity contribution in [3.05, 3.63) is 66.9 Å². The second-order valence-electron chi connectivity index (χ2n) is 4.94. The number of hydrogen-bond acceptors (Lipinski definition) is 2. The summed E-state index contributed by atoms with van der Waals surface area (Å²) in [5.41, 5.74) is 3.20. The van der Waals surface area contributed by atoms with E-state index in [2.05, 4.69) is 39.7 Å². The highest BCUT2D eigenvalue weighted by atomic mass is 16.5. The smallest absolute Gasteiger partial charge is 0.145 e. The summed E-state index contributed by atoms with van der Waals surface area (Å²) >= 11 is 0. The Morgan fingerprint density at radius 1 is 0.905 bits per heavy atom. The zero-order chi connectivity index (χ0) is 14.2. The molecule has 0 spiro atoms. The summed E-state index contributed by atoms with van der Waals surface area (Å²) in [6.07, 6.45) is 1.90. The number of benzene rings is 2. The van der Waals surface area contributed by atoms with Crippen LogP contribution in [0.5, 0.6) is 5.75 Å². The summed E-state index contributed by atoms with van der Waals surface area (Å²) in [5, 5.41) is 1.14. The van der Waals surface area contributed by atoms with Gasteiger partial charge in [-0.25, -0.2) is 4.98 Å². The first-order valence-electron chi connectivity index (χ1n) is 6.87. The minimum absolute atomic E-state index is 0.855. The van der Waals surface area contributed by atoms with E-state index in [1.807, 2.05) is 36.5 Å². The molecule has 2 heterocycles. The second-order valence-corrected chi connectivity index (χ2v) is 4.94. The molecule has 0 saturated heterocycles. The number of fused-ring (bicyclic) bond motifs is 3. The van der Waals surface area contributed by atoms with Crippen LogP contribution in [0.1, 0.15) is 0 Å². The molecule has 0 N–H and O–H groups in total. The maximum atomic E-state index is 5.55. The fourth-order valence-electron chi connectivity index (χ4n) is 2.76. The van der Waals surface area contributed by atoms with Crippen molar-refractivity contribution in [3.8, 4) is 17.1 Å². The maximum absolute atomic E-state index is 5.55. The van der Waals surface area contributed by atoms with Crippen LogP contribution in [-0.2, 0) is 0 Å². The van der Waals surface area contributed by atoms with Crippen molar-refractivity contribution in [2.45, 2.75) is 0 Å². The molecule has 0 aliphatic carbocycles. The first-order chi connectivity index (χ1) is 10.4. The third kappa shape index (κ3) is 1.78. The zero-order valence-electron chi connectivity index (χ0n) is 11.7. The van der Waals surface area contributed by atoms with Gasteiger partial charge < -0.3 is 4.74 Å². The molecule has 3 nitrogen and oxygen atoms in total. The highest BCUT2D eigenvalue weighted by molar-refractivity contribution is 5.89. The van der Waals surface area contributed by atoms with E-state index in [1.165, 1.54) is 0 Å². The van der Waals surface area contributed by atoms with Crippen molar-refractivity contribution in [3.63, 3.8) is 0 Å². The summed E-state index contributed by atoms with van der Waals surface area (Å²) in [6, 6.07) is 20.5. The molecule has 0 aliphatic rings. The van der Waals surface area contributed by atoms with Crippen LogP contribution in [0.25, 0.3) is 27.8 Å². The van der Waals surface area contributed by atoms with Crippen molar-refractivity contribution >= 4 is 16.4 Å². The lowest BCUT2D eigenvalue weighted by Gasteiger charge is -2.10. The quantitative estimate of drug-likeness (QED) is 0.548. The third-order valence-corrected chi connectivity index (χ3v) is 3.73. The molecule has 0 unspecified atom stereocenters. The number of aromatic nitrogens is 2. The molecule has 102 valence electrons. The Bertz CT molecular complexity index is 926. The number of ether oxygens (including phenoxy) is 1. The van der Waals surface area contributed by atoms with Crippen molar-refractivity contribution in [1.82, 2.24) is 9.38 Å². The van der Waals surface area contributed by atoms with E-state index in [1.54, 1.807) is 7.11 Å². The highest BCUT2D eigenvalue weighted by Crippen LogP contribution is 2.30. The molecule has 0 atom stereocenters. The molecule has 0 radical (unpaired) electrons. The topological polar surface area (TPSA) is 26.5 Å². The fraction of sp³-hybridized carbons (Fsp3) is 0.0556. The van der Waals surface area contributed by atoms with Crippen LogP contribution in [0.2, 0.25) is 0 Å². The second kappa shape index (κ2) is 4.63. The number of pyridine rings is 1. The van der Waals surface area contributed by atoms with Gasteiger partial charge in [0.05, 0.1) is 24.3 Å². The van der Waals surface area contributed by atoms with Crippen LogP contribution in [0.4, 0.5) is 0 Å². The molecule has 4 aromatic rings. The van der Waals surface area contributed by atoms with Crippen molar-refractivity contribution in [1.29, 1.82) is 0 Å². The zero-order valence-corrected chi connectivity index (χ0v) is 11.7. The summed E-state index contributed by atoms with van der Waals surface area (Å²) in [5.74, 6) is 1.79. The van der Waals surface area contributed by atoms with Crippen LogP contribution < -0.4 is 4.74 Å². The lowest BCUT2D eigenvalue weighted by atomic mass is 10.1. The molecule has 21 heavy (non-hydrogen) atoms. The Morgan fingerprint density at radius 3 is 2.57 bits per heavy atom. The first kappa shape index (κ1) is 12.0. The molecule has 0 fully saturated rings. The summed E-state index contributed by atoms with van der Waals surface area (Å²) in [7, 11) is 1.70. The summed E-state index contributed by atoms with van der Waals surface area (Å²) in [4.78, 5) is 4.60. The third-order valence-electron chi connectivity index (χ3n) is 3.73. The van der Waals surface area contributed by atoms with Crippen LogP contribution in [0, 0.1) is 0 Å². The Morgan fingerprint density at radius 2 is 1.76 bits per heavy atom. The van der Waals surface area contributed by atoms with E-state index >= 15 is 0 Å². The Labute approximate surface area is 122 Å². The summed E-state index contributed by atoms with van der Waals surface area (Å²) in [6.45, 7) is 0. The van der Waals surface area contributed by atoms with E-state index in [4.69, 9.17) is 4.74 Å². The number of hydrogen-bond donors (Lipinski definition) is 0. The summed E-state index contributed by atoms with van der Waals surface area (Å²) < 4.78 is 7.70. The number of nitrogens with zero attached hydrogens (tertiary/aromatic N) is 2. The number of imidazole rings is 1. The Hall–Kier alpha value is -2.81. The van der Waals surface area contributed by atoms with E-state index < -0.39 is 0 Å². The van der Waals surface area contributed by atoms with E-state index in [0.717, 1.165) is 33.6 Å². The van der Waals surface area contributed by atoms with Gasteiger partial charge in [-0.2, -0.15) is 0 Å². The van der Waals surface area contributed by atoms with Crippen molar-refractivity contribution < 1.29 is 4.74 Å². The molecule has 0 aliphatic heterocycles. The first-order valence-corrected chi connectivity index (χ1v) is 6.87. The van der Waals surface area contributed by atoms with Gasteiger partial charge in [0.15, 0.2) is 0 Å². The molecule has 0 bridgehead atoms. The van der Waals surface area contributed by atoms with Gasteiger partial charge in [0.25, 0.3) is 0 Å². The molecular weight excluding hydrogens is 260 g/mol. The van der Waals surface area contributed by atoms with Gasteiger partial charge in [-0.15, -0.1) is 0 Å². The molecule has 0 saturated carbocycles. The molecule has 3 heteroatoms. The molecule has 4 rings (SSSR count). The van der Waals surface area contributed by atoms with Gasteiger partial charge in [-0.3, -0.25) is 4.40 Å². The van der Waals surface area contributed by atoms with E-state index in [9.17, 15) is 0 Å². The predicted octanol–water partition coefficient (Wildman–Crippen LogP) is 4.16. The number of para-hydroxylation sites is 1. The molecule has 0 amide bonds. The minimum atomic E-state index is 0.855. The highest BCUT2D eigenvalue weighted by Gasteiger charge is 2.12. The molecule has 2 aromatic carbocycles. The fourth-order valence-corrected chi connectivity index (χ4v) is 2.76. The van der Waals surface area contributed by atoms with Gasteiger partial charge in [0, 0.05) is 10.9 Å². The predicted molar refractivity (Wildman–Crippen MR) is 84.7 cm³/mol. The standard InChI is InChI=1S/C18H14N2O/c1-21-16-9-5-8-13-10-11-15-12-19-18(20(15)17(13)16)14-6-3-2-4-7-14/h2-12H,1H3. The van der Waals surface area contributed by atoms with E-state index in [0.29, 0.717) is 0 Å². The van der Waals surface area contributed by atoms with Gasteiger partial charge in [0.2, 0.25) is 0 Å². The van der Waals surface area contributed by atoms with Gasteiger partial charge in [-0.1, -0.05) is 48.5 Å². The average Bonchev–Trinajstić information content (AvgIpc) is 2.99. The number of methoxy groups -OCH3 is 1. The van der Waals surface area contributed by atoms with Crippen LogP contribution in [0.15, 0.2) is 66.9 Å². The van der Waals surface area contributed by atoms with E-state index in [-0.39, 0.29) is 0 Å². The number of rotatable bonds is 2. The Balaban J connectivity index is 2.17. The van der Waals surface area contributed by atoms with Crippen LogP contribution in [0.3, 0.4) is 0 Å². The van der Waals surface area contributed by atoms with Gasteiger partial charge in [0.1, 0.15) is 11.6 Å². The SMILES string of the molecule is COc1cccc2ccc3cnc(-c4ccccc4)n3c12. The van der Waals surface area contributed by atoms with Gasteiger partial charge >= 0.3 is 0 Å². The van der Waals surface area contributed by atoms with Crippen LogP contribution >= 0.6 is 0 Å². The average molecular weight is 274 g/mol. The maximum Gasteiger partial charge on any atom is 0.145 e. The van der Waals surface area contributed by atoms with Gasteiger partial charge in [-0.05, 0) is 12.1 Å². The largest absolute Gasteiger partial charge is 0.495 e. The lowest BCUT2D eigenvalue weighted by molar-refractivity contribution is 0.418. The normalized spacial score (nSPS) is 11.1. The monoisotopic (exact) mass is 274 g/mol. The minimum Gasteiger partial charge on any atom is -0.495 e. The molecule has 2 aromatic heterocycles. The van der Waals surface area contributed by atoms with Crippen LogP contribution in [-0.4, -0.2) is 16.5 Å². The Kier molecular flexibility index (Phi) is 2.64. The van der Waals surface area contributed by atoms with Crippen molar-refractivity contribution in [2.75, 3.05) is 7.11 Å². The molecular formula is C18H14N2O. The van der Waals surface area contributed by atoms with Crippen molar-refractivity contribution in [2.24, 2.45) is 0 Å². The lowest BCUT2D eigenvalue weighted by Crippen LogP contribution is -1.95.